The lowest BCUT2D eigenvalue weighted by Crippen LogP contribution is -2.29. The number of carbonyl (C=O) groups is 1. The van der Waals surface area contributed by atoms with Gasteiger partial charge in [-0.25, -0.2) is 9.78 Å². The molecule has 0 aromatic carbocycles. The van der Waals surface area contributed by atoms with Crippen LogP contribution < -0.4 is 4.90 Å². The second kappa shape index (κ2) is 5.16. The van der Waals surface area contributed by atoms with Crippen LogP contribution in [-0.2, 0) is 0 Å². The quantitative estimate of drug-likeness (QED) is 0.882. The van der Waals surface area contributed by atoms with Gasteiger partial charge in [0.25, 0.3) is 0 Å². The molecule has 5 heteroatoms. The highest BCUT2D eigenvalue weighted by atomic mass is 35.5. The van der Waals surface area contributed by atoms with E-state index in [0.717, 1.165) is 6.42 Å². The molecule has 1 aromatic heterocycles. The van der Waals surface area contributed by atoms with Gasteiger partial charge in [-0.3, -0.25) is 0 Å². The molecule has 0 aliphatic carbocycles. The molecule has 1 unspecified atom stereocenters. The standard InChI is InChI=1S/C11H15ClN2O2/c1-4-7(2)14(3)10-5-8(11(15)16)9(12)6-13-10/h5-7H,4H2,1-3H3,(H,15,16). The predicted molar refractivity (Wildman–Crippen MR) is 64.4 cm³/mol. The van der Waals surface area contributed by atoms with Crippen LogP contribution in [0.15, 0.2) is 12.3 Å². The van der Waals surface area contributed by atoms with E-state index in [2.05, 4.69) is 18.8 Å². The molecule has 1 rings (SSSR count). The van der Waals surface area contributed by atoms with Gasteiger partial charge in [0.15, 0.2) is 0 Å². The third-order valence-corrected chi connectivity index (χ3v) is 2.99. The molecule has 16 heavy (non-hydrogen) atoms. The molecule has 0 amide bonds. The minimum Gasteiger partial charge on any atom is -0.478 e. The van der Waals surface area contributed by atoms with Gasteiger partial charge in [-0.2, -0.15) is 0 Å². The first-order valence-electron chi connectivity index (χ1n) is 5.09. The lowest BCUT2D eigenvalue weighted by Gasteiger charge is -2.25. The van der Waals surface area contributed by atoms with E-state index in [-0.39, 0.29) is 10.6 Å². The van der Waals surface area contributed by atoms with Gasteiger partial charge in [0.2, 0.25) is 0 Å². The molecule has 0 saturated carbocycles. The van der Waals surface area contributed by atoms with Crippen molar-refractivity contribution in [1.82, 2.24) is 4.98 Å². The summed E-state index contributed by atoms with van der Waals surface area (Å²) in [5, 5.41) is 9.10. The Morgan fingerprint density at radius 1 is 1.69 bits per heavy atom. The Hall–Kier alpha value is -1.29. The predicted octanol–water partition coefficient (Wildman–Crippen LogP) is 2.67. The number of carboxylic acids is 1. The van der Waals surface area contributed by atoms with E-state index < -0.39 is 5.97 Å². The third kappa shape index (κ3) is 2.64. The molecule has 0 aliphatic rings. The maximum absolute atomic E-state index is 10.9. The molecule has 0 saturated heterocycles. The SMILES string of the molecule is CCC(C)N(C)c1cc(C(=O)O)c(Cl)cn1. The van der Waals surface area contributed by atoms with E-state index in [1.165, 1.54) is 12.3 Å². The van der Waals surface area contributed by atoms with Gasteiger partial charge in [0.05, 0.1) is 10.6 Å². The van der Waals surface area contributed by atoms with Gasteiger partial charge < -0.3 is 10.0 Å². The van der Waals surface area contributed by atoms with Crippen molar-refractivity contribution < 1.29 is 9.90 Å². The maximum Gasteiger partial charge on any atom is 0.337 e. The molecule has 0 bridgehead atoms. The van der Waals surface area contributed by atoms with Crippen molar-refractivity contribution in [3.05, 3.63) is 22.8 Å². The number of hydrogen-bond donors (Lipinski definition) is 1. The maximum atomic E-state index is 10.9. The van der Waals surface area contributed by atoms with E-state index in [1.54, 1.807) is 0 Å². The molecule has 0 radical (unpaired) electrons. The summed E-state index contributed by atoms with van der Waals surface area (Å²) in [6, 6.07) is 1.80. The van der Waals surface area contributed by atoms with E-state index in [0.29, 0.717) is 11.9 Å². The van der Waals surface area contributed by atoms with Crippen molar-refractivity contribution in [2.75, 3.05) is 11.9 Å². The summed E-state index contributed by atoms with van der Waals surface area (Å²) >= 11 is 5.75. The zero-order valence-electron chi connectivity index (χ0n) is 9.57. The fraction of sp³-hybridized carbons (Fsp3) is 0.455. The minimum absolute atomic E-state index is 0.0850. The molecule has 0 fully saturated rings. The highest BCUT2D eigenvalue weighted by molar-refractivity contribution is 6.33. The lowest BCUT2D eigenvalue weighted by molar-refractivity contribution is 0.0697. The molecule has 1 aromatic rings. The monoisotopic (exact) mass is 242 g/mol. The van der Waals surface area contributed by atoms with Crippen LogP contribution in [0, 0.1) is 0 Å². The molecular formula is C11H15ClN2O2. The number of nitrogens with zero attached hydrogens (tertiary/aromatic N) is 2. The van der Waals surface area contributed by atoms with Crippen LogP contribution in [0.3, 0.4) is 0 Å². The average molecular weight is 243 g/mol. The summed E-state index contributed by atoms with van der Waals surface area (Å²) in [6.45, 7) is 4.12. The van der Waals surface area contributed by atoms with Gasteiger partial charge in [-0.15, -0.1) is 0 Å². The smallest absolute Gasteiger partial charge is 0.337 e. The number of rotatable bonds is 4. The summed E-state index contributed by atoms with van der Waals surface area (Å²) in [6.07, 6.45) is 2.34. The van der Waals surface area contributed by atoms with E-state index in [1.807, 2.05) is 11.9 Å². The van der Waals surface area contributed by atoms with Crippen molar-refractivity contribution in [3.8, 4) is 0 Å². The first kappa shape index (κ1) is 12.8. The van der Waals surface area contributed by atoms with Crippen LogP contribution in [0.25, 0.3) is 0 Å². The molecule has 4 nitrogen and oxygen atoms in total. The fourth-order valence-corrected chi connectivity index (χ4v) is 1.47. The summed E-state index contributed by atoms with van der Waals surface area (Å²) in [7, 11) is 1.88. The summed E-state index contributed by atoms with van der Waals surface area (Å²) in [5.41, 5.74) is 0.0850. The van der Waals surface area contributed by atoms with Crippen LogP contribution in [0.5, 0.6) is 0 Å². The van der Waals surface area contributed by atoms with E-state index in [4.69, 9.17) is 16.7 Å². The Labute approximate surface area is 99.9 Å². The van der Waals surface area contributed by atoms with Crippen molar-refractivity contribution in [2.24, 2.45) is 0 Å². The summed E-state index contributed by atoms with van der Waals surface area (Å²) < 4.78 is 0. The highest BCUT2D eigenvalue weighted by Crippen LogP contribution is 2.21. The number of aromatic nitrogens is 1. The van der Waals surface area contributed by atoms with Crippen LogP contribution in [-0.4, -0.2) is 29.1 Å². The topological polar surface area (TPSA) is 53.4 Å². The zero-order valence-corrected chi connectivity index (χ0v) is 10.3. The number of halogens is 1. The van der Waals surface area contributed by atoms with Gasteiger partial charge in [-0.1, -0.05) is 18.5 Å². The van der Waals surface area contributed by atoms with Crippen LogP contribution >= 0.6 is 11.6 Å². The van der Waals surface area contributed by atoms with Gasteiger partial charge in [0, 0.05) is 19.3 Å². The number of aromatic carboxylic acids is 1. The van der Waals surface area contributed by atoms with Crippen LogP contribution in [0.1, 0.15) is 30.6 Å². The summed E-state index contributed by atoms with van der Waals surface area (Å²) in [4.78, 5) is 17.0. The second-order valence-electron chi connectivity index (χ2n) is 3.70. The largest absolute Gasteiger partial charge is 0.478 e. The molecular weight excluding hydrogens is 228 g/mol. The lowest BCUT2D eigenvalue weighted by atomic mass is 10.2. The van der Waals surface area contributed by atoms with Crippen molar-refractivity contribution >= 4 is 23.4 Å². The van der Waals surface area contributed by atoms with Crippen molar-refractivity contribution in [2.45, 2.75) is 26.3 Å². The Kier molecular flexibility index (Phi) is 4.12. The van der Waals surface area contributed by atoms with Gasteiger partial charge in [0.1, 0.15) is 5.82 Å². The molecule has 1 heterocycles. The molecule has 88 valence electrons. The minimum atomic E-state index is -1.04. The summed E-state index contributed by atoms with van der Waals surface area (Å²) in [5.74, 6) is -0.414. The Balaban J connectivity index is 3.07. The number of pyridine rings is 1. The third-order valence-electron chi connectivity index (χ3n) is 2.68. The number of anilines is 1. The molecule has 0 aliphatic heterocycles. The molecule has 0 spiro atoms. The fourth-order valence-electron chi connectivity index (χ4n) is 1.28. The first-order chi connectivity index (χ1) is 7.47. The van der Waals surface area contributed by atoms with Crippen LogP contribution in [0.2, 0.25) is 5.02 Å². The van der Waals surface area contributed by atoms with Crippen LogP contribution in [0.4, 0.5) is 5.82 Å². The van der Waals surface area contributed by atoms with Gasteiger partial charge >= 0.3 is 5.97 Å². The van der Waals surface area contributed by atoms with E-state index in [9.17, 15) is 4.79 Å². The number of hydrogen-bond acceptors (Lipinski definition) is 3. The second-order valence-corrected chi connectivity index (χ2v) is 4.10. The molecule has 1 atom stereocenters. The first-order valence-corrected chi connectivity index (χ1v) is 5.46. The Morgan fingerprint density at radius 3 is 2.81 bits per heavy atom. The number of carboxylic acid groups (broad SMARTS) is 1. The Morgan fingerprint density at radius 2 is 2.31 bits per heavy atom. The molecule has 1 N–H and O–H groups in total. The average Bonchev–Trinajstić information content (AvgIpc) is 2.27. The highest BCUT2D eigenvalue weighted by Gasteiger charge is 2.14. The normalized spacial score (nSPS) is 12.2. The van der Waals surface area contributed by atoms with Gasteiger partial charge in [-0.05, 0) is 19.4 Å². The zero-order chi connectivity index (χ0) is 12.3. The van der Waals surface area contributed by atoms with E-state index >= 15 is 0 Å². The van der Waals surface area contributed by atoms with Crippen molar-refractivity contribution in [3.63, 3.8) is 0 Å². The van der Waals surface area contributed by atoms with Crippen molar-refractivity contribution in [1.29, 1.82) is 0 Å². The Bertz CT molecular complexity index is 396.